The number of nitrogens with zero attached hydrogens (tertiary/aromatic N) is 4. The summed E-state index contributed by atoms with van der Waals surface area (Å²) in [7, 11) is 0. The zero-order chi connectivity index (χ0) is 22.7. The molecule has 174 valence electrons. The molecule has 0 aromatic carbocycles. The standard InChI is InChI=1S/C25H27F3N4O/c26-25(27,28)23-20(10-12-32-22(13-15-1-2-15)29-30-24(23)32)16-3-8-21-17(14-16)9-11-31(21)18-4-6-19(33)7-5-18/h3,9-12,14-15,18-19,21,33H,1-2,4-8,13H2/t18-,19-,21?. The number of allylic oxidation sites excluding steroid dienone is 2. The number of aliphatic hydroxyl groups is 1. The molecule has 8 heteroatoms. The fraction of sp³-hybridized carbons (Fsp3) is 0.520. The minimum Gasteiger partial charge on any atom is -0.393 e. The predicted molar refractivity (Wildman–Crippen MR) is 118 cm³/mol. The van der Waals surface area contributed by atoms with Crippen molar-refractivity contribution in [3.8, 4) is 0 Å². The molecule has 1 N–H and O–H groups in total. The van der Waals surface area contributed by atoms with Gasteiger partial charge in [-0.2, -0.15) is 13.2 Å². The average molecular weight is 457 g/mol. The van der Waals surface area contributed by atoms with Gasteiger partial charge in [0, 0.05) is 24.9 Å². The quantitative estimate of drug-likeness (QED) is 0.710. The smallest absolute Gasteiger partial charge is 0.393 e. The summed E-state index contributed by atoms with van der Waals surface area (Å²) in [6.07, 6.45) is 11.9. The van der Waals surface area contributed by atoms with Crippen LogP contribution in [0.2, 0.25) is 0 Å². The number of aliphatic hydroxyl groups excluding tert-OH is 1. The van der Waals surface area contributed by atoms with E-state index >= 15 is 0 Å². The zero-order valence-electron chi connectivity index (χ0n) is 18.3. The van der Waals surface area contributed by atoms with Gasteiger partial charge in [-0.05, 0) is 85.8 Å². The molecular formula is C25H27F3N4O. The van der Waals surface area contributed by atoms with Gasteiger partial charge >= 0.3 is 6.18 Å². The molecule has 6 rings (SSSR count). The Labute approximate surface area is 190 Å². The average Bonchev–Trinajstić information content (AvgIpc) is 3.37. The second kappa shape index (κ2) is 7.72. The summed E-state index contributed by atoms with van der Waals surface area (Å²) in [5.41, 5.74) is 0.984. The van der Waals surface area contributed by atoms with Crippen LogP contribution in [0.1, 0.15) is 61.9 Å². The van der Waals surface area contributed by atoms with Gasteiger partial charge in [-0.15, -0.1) is 10.2 Å². The molecule has 0 radical (unpaired) electrons. The van der Waals surface area contributed by atoms with Crippen LogP contribution < -0.4 is 0 Å². The van der Waals surface area contributed by atoms with Crippen molar-refractivity contribution in [1.82, 2.24) is 19.5 Å². The number of rotatable bonds is 4. The highest BCUT2D eigenvalue weighted by molar-refractivity contribution is 5.82. The summed E-state index contributed by atoms with van der Waals surface area (Å²) < 4.78 is 44.3. The molecule has 1 unspecified atom stereocenters. The van der Waals surface area contributed by atoms with Gasteiger partial charge < -0.3 is 10.0 Å². The lowest BCUT2D eigenvalue weighted by molar-refractivity contribution is -0.136. The summed E-state index contributed by atoms with van der Waals surface area (Å²) in [5.74, 6) is 1.12. The molecule has 2 saturated carbocycles. The third kappa shape index (κ3) is 3.78. The number of hydrogen-bond acceptors (Lipinski definition) is 4. The van der Waals surface area contributed by atoms with Gasteiger partial charge in [-0.25, -0.2) is 0 Å². The van der Waals surface area contributed by atoms with E-state index in [2.05, 4.69) is 21.3 Å². The Morgan fingerprint density at radius 1 is 1.06 bits per heavy atom. The highest BCUT2D eigenvalue weighted by Crippen LogP contribution is 2.42. The molecule has 0 spiro atoms. The largest absolute Gasteiger partial charge is 0.420 e. The number of alkyl halides is 3. The monoisotopic (exact) mass is 456 g/mol. The second-order valence-corrected chi connectivity index (χ2v) is 9.84. The molecule has 5 nitrogen and oxygen atoms in total. The van der Waals surface area contributed by atoms with Gasteiger partial charge in [0.05, 0.1) is 12.1 Å². The SMILES string of the molecule is O[C@H]1CC[C@H](N2C=CC3=CC(c4ccn5c(CC6CC6)nnc5c4C(F)(F)F)=CCC32)CC1. The van der Waals surface area contributed by atoms with Crippen LogP contribution in [0.3, 0.4) is 0 Å². The van der Waals surface area contributed by atoms with E-state index in [9.17, 15) is 18.3 Å². The van der Waals surface area contributed by atoms with Gasteiger partial charge in [-0.1, -0.05) is 6.08 Å². The van der Waals surface area contributed by atoms with Crippen molar-refractivity contribution in [2.45, 2.75) is 75.7 Å². The first-order valence-electron chi connectivity index (χ1n) is 11.9. The van der Waals surface area contributed by atoms with Gasteiger partial charge in [-0.3, -0.25) is 4.40 Å². The molecule has 2 fully saturated rings. The molecule has 2 aromatic rings. The highest BCUT2D eigenvalue weighted by atomic mass is 19.4. The van der Waals surface area contributed by atoms with E-state index in [4.69, 9.17) is 0 Å². The Balaban J connectivity index is 1.32. The van der Waals surface area contributed by atoms with E-state index in [1.165, 1.54) is 4.40 Å². The molecule has 1 aliphatic heterocycles. The van der Waals surface area contributed by atoms with Crippen LogP contribution in [-0.4, -0.2) is 42.8 Å². The van der Waals surface area contributed by atoms with Crippen LogP contribution in [0.4, 0.5) is 13.2 Å². The van der Waals surface area contributed by atoms with E-state index in [1.54, 1.807) is 12.3 Å². The van der Waals surface area contributed by atoms with Crippen molar-refractivity contribution in [3.05, 3.63) is 59.2 Å². The van der Waals surface area contributed by atoms with Gasteiger partial charge in [0.25, 0.3) is 0 Å². The van der Waals surface area contributed by atoms with Gasteiger partial charge in [0.15, 0.2) is 5.65 Å². The molecule has 4 aliphatic rings. The maximum absolute atomic E-state index is 14.3. The summed E-state index contributed by atoms with van der Waals surface area (Å²) >= 11 is 0. The minimum absolute atomic E-state index is 0.110. The molecule has 0 saturated heterocycles. The number of halogens is 3. The van der Waals surface area contributed by atoms with Crippen molar-refractivity contribution in [2.75, 3.05) is 0 Å². The van der Waals surface area contributed by atoms with E-state index < -0.39 is 11.7 Å². The molecular weight excluding hydrogens is 429 g/mol. The first-order valence-corrected chi connectivity index (χ1v) is 11.9. The number of fused-ring (bicyclic) bond motifs is 2. The summed E-state index contributed by atoms with van der Waals surface area (Å²) in [6.45, 7) is 0. The Morgan fingerprint density at radius 3 is 2.58 bits per heavy atom. The fourth-order valence-corrected chi connectivity index (χ4v) is 5.60. The second-order valence-electron chi connectivity index (χ2n) is 9.84. The topological polar surface area (TPSA) is 53.7 Å². The zero-order valence-corrected chi connectivity index (χ0v) is 18.3. The normalized spacial score (nSPS) is 27.6. The third-order valence-electron chi connectivity index (χ3n) is 7.57. The number of hydrogen-bond donors (Lipinski definition) is 1. The van der Waals surface area contributed by atoms with Gasteiger partial charge in [0.1, 0.15) is 11.4 Å². The Kier molecular flexibility index (Phi) is 4.90. The lowest BCUT2D eigenvalue weighted by Gasteiger charge is -2.38. The van der Waals surface area contributed by atoms with Crippen LogP contribution in [0.15, 0.2) is 42.3 Å². The Bertz CT molecular complexity index is 1170. The minimum atomic E-state index is -4.53. The fourth-order valence-electron chi connectivity index (χ4n) is 5.60. The van der Waals surface area contributed by atoms with Gasteiger partial charge in [0.2, 0.25) is 0 Å². The van der Waals surface area contributed by atoms with Crippen LogP contribution in [0, 0.1) is 5.92 Å². The maximum Gasteiger partial charge on any atom is 0.420 e. The van der Waals surface area contributed by atoms with E-state index in [-0.39, 0.29) is 23.4 Å². The summed E-state index contributed by atoms with van der Waals surface area (Å²) in [4.78, 5) is 2.33. The van der Waals surface area contributed by atoms with Crippen LogP contribution >= 0.6 is 0 Å². The summed E-state index contributed by atoms with van der Waals surface area (Å²) in [6, 6.07) is 2.10. The highest BCUT2D eigenvalue weighted by Gasteiger charge is 2.40. The molecule has 1 atom stereocenters. The predicted octanol–water partition coefficient (Wildman–Crippen LogP) is 4.92. The van der Waals surface area contributed by atoms with Crippen molar-refractivity contribution < 1.29 is 18.3 Å². The molecule has 33 heavy (non-hydrogen) atoms. The molecule has 0 amide bonds. The van der Waals surface area contributed by atoms with Crippen molar-refractivity contribution in [1.29, 1.82) is 0 Å². The molecule has 3 aliphatic carbocycles. The molecule has 3 heterocycles. The first-order chi connectivity index (χ1) is 15.9. The first kappa shape index (κ1) is 21.0. The molecule has 2 aromatic heterocycles. The maximum atomic E-state index is 14.3. The van der Waals surface area contributed by atoms with Crippen molar-refractivity contribution in [2.24, 2.45) is 5.92 Å². The lowest BCUT2D eigenvalue weighted by Crippen LogP contribution is -2.40. The third-order valence-corrected chi connectivity index (χ3v) is 7.57. The number of aromatic nitrogens is 3. The van der Waals surface area contributed by atoms with Crippen molar-refractivity contribution >= 4 is 11.2 Å². The van der Waals surface area contributed by atoms with Crippen LogP contribution in [0.25, 0.3) is 11.2 Å². The van der Waals surface area contributed by atoms with Crippen LogP contribution in [-0.2, 0) is 12.6 Å². The van der Waals surface area contributed by atoms with Crippen molar-refractivity contribution in [3.63, 3.8) is 0 Å². The van der Waals surface area contributed by atoms with E-state index in [0.717, 1.165) is 44.1 Å². The Morgan fingerprint density at radius 2 is 1.85 bits per heavy atom. The molecule has 0 bridgehead atoms. The van der Waals surface area contributed by atoms with E-state index in [1.807, 2.05) is 18.2 Å². The van der Waals surface area contributed by atoms with Crippen LogP contribution in [0.5, 0.6) is 0 Å². The summed E-state index contributed by atoms with van der Waals surface area (Å²) in [5, 5.41) is 17.9. The van der Waals surface area contributed by atoms with E-state index in [0.29, 0.717) is 36.2 Å². The Hall–Kier alpha value is -2.61. The lowest BCUT2D eigenvalue weighted by atomic mass is 9.87. The number of pyridine rings is 1.